The third-order valence-electron chi connectivity index (χ3n) is 3.72. The molecule has 0 radical (unpaired) electrons. The van der Waals surface area contributed by atoms with Gasteiger partial charge in [-0.25, -0.2) is 9.37 Å². The van der Waals surface area contributed by atoms with Gasteiger partial charge in [0.1, 0.15) is 22.8 Å². The molecule has 0 aliphatic rings. The van der Waals surface area contributed by atoms with Crippen molar-refractivity contribution in [2.24, 2.45) is 0 Å². The zero-order valence-electron chi connectivity index (χ0n) is 13.4. The molecule has 3 heterocycles. The second kappa shape index (κ2) is 6.64. The molecule has 1 amide bonds. The molecule has 128 valence electrons. The molecule has 0 saturated carbocycles. The van der Waals surface area contributed by atoms with Crippen LogP contribution in [0.1, 0.15) is 21.8 Å². The number of furan rings is 1. The van der Waals surface area contributed by atoms with Crippen LogP contribution in [-0.4, -0.2) is 21.1 Å². The van der Waals surface area contributed by atoms with E-state index < -0.39 is 0 Å². The molecule has 4 aromatic rings. The first kappa shape index (κ1) is 15.8. The van der Waals surface area contributed by atoms with E-state index in [0.29, 0.717) is 17.0 Å². The summed E-state index contributed by atoms with van der Waals surface area (Å²) < 4.78 is 18.0. The van der Waals surface area contributed by atoms with Gasteiger partial charge in [0, 0.05) is 0 Å². The number of carbonyl (C=O) groups excluding carboxylic acids is 1. The lowest BCUT2D eigenvalue weighted by atomic mass is 10.2. The maximum atomic E-state index is 13.0. The van der Waals surface area contributed by atoms with Crippen LogP contribution in [0, 0.1) is 5.82 Å². The minimum absolute atomic E-state index is 0.204. The van der Waals surface area contributed by atoms with E-state index in [-0.39, 0.29) is 17.5 Å². The molecule has 7 heteroatoms. The number of benzene rings is 1. The SMILES string of the molecule is O=C(Nc1ccc2[nH]nc(C=Cc3ccc(F)cc3)c2n1)c1ccco1. The van der Waals surface area contributed by atoms with Gasteiger partial charge in [-0.05, 0) is 48.0 Å². The Balaban J connectivity index is 1.60. The van der Waals surface area contributed by atoms with Gasteiger partial charge in [-0.15, -0.1) is 0 Å². The van der Waals surface area contributed by atoms with Gasteiger partial charge in [-0.2, -0.15) is 5.10 Å². The largest absolute Gasteiger partial charge is 0.459 e. The molecule has 3 aromatic heterocycles. The average Bonchev–Trinajstić information content (AvgIpc) is 3.31. The number of carbonyl (C=O) groups is 1. The van der Waals surface area contributed by atoms with E-state index in [1.54, 1.807) is 42.5 Å². The van der Waals surface area contributed by atoms with E-state index in [1.165, 1.54) is 18.4 Å². The molecule has 0 unspecified atom stereocenters. The summed E-state index contributed by atoms with van der Waals surface area (Å²) in [5.74, 6) is -0.0769. The van der Waals surface area contributed by atoms with Crippen LogP contribution in [0.15, 0.2) is 59.2 Å². The number of rotatable bonds is 4. The molecule has 2 N–H and O–H groups in total. The summed E-state index contributed by atoms with van der Waals surface area (Å²) in [6, 6.07) is 12.8. The van der Waals surface area contributed by atoms with Crippen molar-refractivity contribution in [1.82, 2.24) is 15.2 Å². The number of amides is 1. The number of hydrogen-bond donors (Lipinski definition) is 2. The number of H-pyrrole nitrogens is 1. The summed E-state index contributed by atoms with van der Waals surface area (Å²) in [4.78, 5) is 16.5. The highest BCUT2D eigenvalue weighted by Crippen LogP contribution is 2.19. The van der Waals surface area contributed by atoms with E-state index >= 15 is 0 Å². The topological polar surface area (TPSA) is 83.8 Å². The second-order valence-electron chi connectivity index (χ2n) is 5.52. The number of aromatic amines is 1. The molecule has 0 spiro atoms. The summed E-state index contributed by atoms with van der Waals surface area (Å²) in [5.41, 5.74) is 2.80. The minimum atomic E-state index is -0.381. The number of nitrogens with one attached hydrogen (secondary N) is 2. The van der Waals surface area contributed by atoms with Crippen molar-refractivity contribution in [3.8, 4) is 0 Å². The Morgan fingerprint density at radius 1 is 1.12 bits per heavy atom. The van der Waals surface area contributed by atoms with E-state index in [4.69, 9.17) is 4.42 Å². The fourth-order valence-corrected chi connectivity index (χ4v) is 2.44. The zero-order valence-corrected chi connectivity index (χ0v) is 13.4. The number of halogens is 1. The quantitative estimate of drug-likeness (QED) is 0.581. The fraction of sp³-hybridized carbons (Fsp3) is 0. The van der Waals surface area contributed by atoms with Gasteiger partial charge in [0.15, 0.2) is 5.76 Å². The van der Waals surface area contributed by atoms with Crippen LogP contribution in [0.2, 0.25) is 0 Å². The molecule has 0 aliphatic heterocycles. The van der Waals surface area contributed by atoms with Crippen molar-refractivity contribution in [1.29, 1.82) is 0 Å². The summed E-state index contributed by atoms with van der Waals surface area (Å²) in [5, 5.41) is 9.79. The van der Waals surface area contributed by atoms with Crippen molar-refractivity contribution >= 4 is 34.9 Å². The highest BCUT2D eigenvalue weighted by molar-refractivity contribution is 6.02. The lowest BCUT2D eigenvalue weighted by molar-refractivity contribution is 0.0996. The Kier molecular flexibility index (Phi) is 4.03. The van der Waals surface area contributed by atoms with Gasteiger partial charge in [0.05, 0.1) is 11.8 Å². The van der Waals surface area contributed by atoms with E-state index in [2.05, 4.69) is 20.5 Å². The molecule has 6 nitrogen and oxygen atoms in total. The Morgan fingerprint density at radius 3 is 2.73 bits per heavy atom. The Morgan fingerprint density at radius 2 is 1.96 bits per heavy atom. The van der Waals surface area contributed by atoms with E-state index in [1.807, 2.05) is 6.08 Å². The monoisotopic (exact) mass is 348 g/mol. The smallest absolute Gasteiger partial charge is 0.292 e. The molecule has 26 heavy (non-hydrogen) atoms. The predicted molar refractivity (Wildman–Crippen MR) is 95.9 cm³/mol. The summed E-state index contributed by atoms with van der Waals surface area (Å²) in [6.07, 6.45) is 5.02. The number of fused-ring (bicyclic) bond motifs is 1. The lowest BCUT2D eigenvalue weighted by Crippen LogP contribution is -2.11. The third-order valence-corrected chi connectivity index (χ3v) is 3.72. The normalized spacial score (nSPS) is 11.3. The first-order chi connectivity index (χ1) is 12.7. The standard InChI is InChI=1S/C19H13FN4O2/c20-13-6-3-12(4-7-13)5-8-14-18-15(24-23-14)9-10-17(21-18)22-19(25)16-2-1-11-26-16/h1-11H,(H,23,24)(H,21,22,25). The zero-order chi connectivity index (χ0) is 17.9. The molecule has 4 rings (SSSR count). The molecular formula is C19H13FN4O2. The van der Waals surface area contributed by atoms with Crippen LogP contribution in [0.4, 0.5) is 10.2 Å². The predicted octanol–water partition coefficient (Wildman–Crippen LogP) is 4.11. The Labute approximate surface area is 147 Å². The molecule has 0 aliphatic carbocycles. The lowest BCUT2D eigenvalue weighted by Gasteiger charge is -2.02. The highest BCUT2D eigenvalue weighted by atomic mass is 19.1. The van der Waals surface area contributed by atoms with Crippen molar-refractivity contribution in [3.05, 3.63) is 77.6 Å². The van der Waals surface area contributed by atoms with Gasteiger partial charge in [-0.3, -0.25) is 9.89 Å². The molecule has 1 aromatic carbocycles. The first-order valence-corrected chi connectivity index (χ1v) is 7.83. The van der Waals surface area contributed by atoms with Crippen LogP contribution in [-0.2, 0) is 0 Å². The van der Waals surface area contributed by atoms with Crippen molar-refractivity contribution in [2.45, 2.75) is 0 Å². The maximum Gasteiger partial charge on any atom is 0.292 e. The van der Waals surface area contributed by atoms with Crippen LogP contribution in [0.3, 0.4) is 0 Å². The first-order valence-electron chi connectivity index (χ1n) is 7.83. The molecule has 0 atom stereocenters. The van der Waals surface area contributed by atoms with Gasteiger partial charge in [-0.1, -0.05) is 18.2 Å². The number of anilines is 1. The minimum Gasteiger partial charge on any atom is -0.459 e. The van der Waals surface area contributed by atoms with Crippen LogP contribution in [0.5, 0.6) is 0 Å². The number of hydrogen-bond acceptors (Lipinski definition) is 4. The van der Waals surface area contributed by atoms with E-state index in [0.717, 1.165) is 11.1 Å². The highest BCUT2D eigenvalue weighted by Gasteiger charge is 2.11. The average molecular weight is 348 g/mol. The second-order valence-corrected chi connectivity index (χ2v) is 5.52. The summed E-state index contributed by atoms with van der Waals surface area (Å²) in [7, 11) is 0. The van der Waals surface area contributed by atoms with Crippen LogP contribution < -0.4 is 5.32 Å². The fourth-order valence-electron chi connectivity index (χ4n) is 2.44. The van der Waals surface area contributed by atoms with Gasteiger partial charge in [0.25, 0.3) is 5.91 Å². The molecule has 0 saturated heterocycles. The van der Waals surface area contributed by atoms with E-state index in [9.17, 15) is 9.18 Å². The van der Waals surface area contributed by atoms with Gasteiger partial charge >= 0.3 is 0 Å². The van der Waals surface area contributed by atoms with Crippen molar-refractivity contribution in [3.63, 3.8) is 0 Å². The molecule has 0 fully saturated rings. The number of aromatic nitrogens is 3. The number of pyridine rings is 1. The van der Waals surface area contributed by atoms with Gasteiger partial charge < -0.3 is 9.73 Å². The van der Waals surface area contributed by atoms with Gasteiger partial charge in [0.2, 0.25) is 0 Å². The van der Waals surface area contributed by atoms with Crippen molar-refractivity contribution in [2.75, 3.05) is 5.32 Å². The third kappa shape index (κ3) is 3.23. The molecule has 0 bridgehead atoms. The maximum absolute atomic E-state index is 13.0. The summed E-state index contributed by atoms with van der Waals surface area (Å²) >= 11 is 0. The van der Waals surface area contributed by atoms with Crippen molar-refractivity contribution < 1.29 is 13.6 Å². The Hall–Kier alpha value is -3.74. The van der Waals surface area contributed by atoms with Crippen LogP contribution in [0.25, 0.3) is 23.2 Å². The van der Waals surface area contributed by atoms with Crippen LogP contribution >= 0.6 is 0 Å². The Bertz CT molecular complexity index is 1080. The molecular weight excluding hydrogens is 335 g/mol. The summed E-state index contributed by atoms with van der Waals surface area (Å²) in [6.45, 7) is 0. The number of nitrogens with zero attached hydrogens (tertiary/aromatic N) is 2.